The van der Waals surface area contributed by atoms with Gasteiger partial charge in [-0.1, -0.05) is 45.4 Å². The summed E-state index contributed by atoms with van der Waals surface area (Å²) in [5.41, 5.74) is 9.25. The van der Waals surface area contributed by atoms with Gasteiger partial charge in [0, 0.05) is 129 Å². The van der Waals surface area contributed by atoms with Crippen LogP contribution in [0, 0.1) is 48.3 Å². The van der Waals surface area contributed by atoms with Gasteiger partial charge in [0.05, 0.1) is 46.7 Å². The Hall–Kier alpha value is -6.26. The summed E-state index contributed by atoms with van der Waals surface area (Å²) in [7, 11) is 1.68. The molecular weight excluding hydrogens is 848 g/mol. The Morgan fingerprint density at radius 3 is 1.74 bits per heavy atom. The van der Waals surface area contributed by atoms with E-state index in [0.717, 1.165) is 146 Å². The van der Waals surface area contributed by atoms with Crippen LogP contribution in [0.3, 0.4) is 0 Å². The van der Waals surface area contributed by atoms with E-state index in [0.29, 0.717) is 16.9 Å². The van der Waals surface area contributed by atoms with Crippen molar-refractivity contribution in [2.75, 3.05) is 79.1 Å². The number of hydrogen-bond donors (Lipinski definition) is 1. The van der Waals surface area contributed by atoms with Crippen LogP contribution in [0.15, 0.2) is 67.4 Å². The molecule has 4 saturated heterocycles. The fourth-order valence-corrected chi connectivity index (χ4v) is 9.31. The predicted octanol–water partition coefficient (Wildman–Crippen LogP) is 8.21. The Bertz CT molecular complexity index is 2660. The molecule has 0 unspecified atom stereocenters. The predicted molar refractivity (Wildman–Crippen MR) is 262 cm³/mol. The zero-order chi connectivity index (χ0) is 46.7. The van der Waals surface area contributed by atoms with E-state index in [2.05, 4.69) is 88.7 Å². The number of anilines is 4. The molecule has 4 fully saturated rings. The van der Waals surface area contributed by atoms with E-state index in [1.165, 1.54) is 5.56 Å². The first kappa shape index (κ1) is 47.7. The van der Waals surface area contributed by atoms with E-state index in [1.807, 2.05) is 45.9 Å². The van der Waals surface area contributed by atoms with Gasteiger partial charge in [-0.15, -0.1) is 0 Å². The van der Waals surface area contributed by atoms with Crippen LogP contribution in [0.1, 0.15) is 87.7 Å². The molecule has 0 bridgehead atoms. The number of rotatable bonds is 8. The van der Waals surface area contributed by atoms with E-state index >= 15 is 0 Å². The van der Waals surface area contributed by atoms with Crippen molar-refractivity contribution in [3.63, 3.8) is 0 Å². The topological polar surface area (TPSA) is 177 Å². The SMILES string of the molecule is CC.CC.CO[NH2+]c1c(C)cc2nc(N3CC(c4nccnc4N4CCC(C#N)CC4)C3)ccc2c1C.N#CC1CCN(c2nccnc2C2CN(c3ncc4c(Cl)cccc4n3)C2)CC1. The van der Waals surface area contributed by atoms with Crippen molar-refractivity contribution in [1.82, 2.24) is 34.9 Å². The van der Waals surface area contributed by atoms with Gasteiger partial charge < -0.3 is 19.6 Å². The third-order valence-corrected chi connectivity index (χ3v) is 13.1. The summed E-state index contributed by atoms with van der Waals surface area (Å²) in [4.78, 5) is 47.1. The Balaban J connectivity index is 0.000000184. The summed E-state index contributed by atoms with van der Waals surface area (Å²) >= 11 is 6.22. The van der Waals surface area contributed by atoms with E-state index in [1.54, 1.807) is 43.6 Å². The third kappa shape index (κ3) is 10.2. The van der Waals surface area contributed by atoms with Crippen molar-refractivity contribution < 1.29 is 10.3 Å². The molecular formula is C50H62ClN14O+. The highest BCUT2D eigenvalue weighted by molar-refractivity contribution is 6.35. The Morgan fingerprint density at radius 2 is 1.20 bits per heavy atom. The van der Waals surface area contributed by atoms with E-state index in [4.69, 9.17) is 31.7 Å². The lowest BCUT2D eigenvalue weighted by atomic mass is 9.94. The van der Waals surface area contributed by atoms with Gasteiger partial charge in [0.15, 0.2) is 17.3 Å². The lowest BCUT2D eigenvalue weighted by Crippen LogP contribution is -2.76. The minimum Gasteiger partial charge on any atom is -0.355 e. The van der Waals surface area contributed by atoms with Gasteiger partial charge in [-0.2, -0.15) is 16.0 Å². The maximum Gasteiger partial charge on any atom is 0.225 e. The monoisotopic (exact) mass is 909 g/mol. The largest absolute Gasteiger partial charge is 0.355 e. The molecule has 66 heavy (non-hydrogen) atoms. The summed E-state index contributed by atoms with van der Waals surface area (Å²) in [5, 5.41) is 21.0. The quantitative estimate of drug-likeness (QED) is 0.114. The number of nitriles is 2. The highest BCUT2D eigenvalue weighted by Crippen LogP contribution is 2.37. The van der Waals surface area contributed by atoms with Crippen molar-refractivity contribution in [2.24, 2.45) is 11.8 Å². The number of benzene rings is 2. The number of halogens is 1. The molecule has 0 atom stereocenters. The molecule has 10 rings (SSSR count). The minimum absolute atomic E-state index is 0.157. The van der Waals surface area contributed by atoms with Crippen LogP contribution in [0.5, 0.6) is 0 Å². The summed E-state index contributed by atoms with van der Waals surface area (Å²) in [5.74, 6) is 4.61. The van der Waals surface area contributed by atoms with Gasteiger partial charge in [-0.25, -0.2) is 29.8 Å². The number of aromatic nitrogens is 7. The summed E-state index contributed by atoms with van der Waals surface area (Å²) in [6, 6.07) is 16.9. The molecule has 0 spiro atoms. The Kier molecular flexibility index (Phi) is 16.1. The fraction of sp³-hybridized carbons (Fsp3) is 0.460. The molecule has 0 aliphatic carbocycles. The molecule has 8 heterocycles. The lowest BCUT2D eigenvalue weighted by molar-refractivity contribution is -0.830. The molecule has 4 aliphatic heterocycles. The van der Waals surface area contributed by atoms with Crippen LogP contribution < -0.4 is 25.1 Å². The van der Waals surface area contributed by atoms with Gasteiger partial charge in [0.2, 0.25) is 5.95 Å². The van der Waals surface area contributed by atoms with E-state index < -0.39 is 0 Å². The number of hydrogen-bond acceptors (Lipinski definition) is 14. The number of nitrogens with zero attached hydrogens (tertiary/aromatic N) is 13. The number of aryl methyl sites for hydroxylation is 2. The van der Waals surface area contributed by atoms with Crippen molar-refractivity contribution in [3.8, 4) is 12.1 Å². The average Bonchev–Trinajstić information content (AvgIpc) is 3.34. The maximum absolute atomic E-state index is 9.19. The second-order valence-electron chi connectivity index (χ2n) is 16.7. The van der Waals surface area contributed by atoms with Crippen molar-refractivity contribution in [2.45, 2.75) is 79.1 Å². The molecule has 344 valence electrons. The number of pyridine rings is 1. The van der Waals surface area contributed by atoms with Crippen LogP contribution in [-0.4, -0.2) is 94.4 Å². The second-order valence-corrected chi connectivity index (χ2v) is 17.1. The normalized spacial score (nSPS) is 16.7. The van der Waals surface area contributed by atoms with Gasteiger partial charge in [-0.05, 0) is 69.9 Å². The van der Waals surface area contributed by atoms with Crippen LogP contribution in [-0.2, 0) is 4.84 Å². The molecule has 6 aromatic rings. The molecule has 4 aliphatic rings. The number of nitrogens with two attached hydrogens (primary N) is 1. The molecule has 0 radical (unpaired) electrons. The highest BCUT2D eigenvalue weighted by atomic mass is 35.5. The fourth-order valence-electron chi connectivity index (χ4n) is 9.09. The van der Waals surface area contributed by atoms with Gasteiger partial charge in [0.25, 0.3) is 0 Å². The van der Waals surface area contributed by atoms with Gasteiger partial charge in [-0.3, -0.25) is 9.97 Å². The Morgan fingerprint density at radius 1 is 0.652 bits per heavy atom. The summed E-state index contributed by atoms with van der Waals surface area (Å²) in [6.07, 6.45) is 12.4. The zero-order valence-electron chi connectivity index (χ0n) is 39.3. The smallest absolute Gasteiger partial charge is 0.225 e. The molecule has 15 nitrogen and oxygen atoms in total. The van der Waals surface area contributed by atoms with Gasteiger partial charge in [0.1, 0.15) is 5.82 Å². The van der Waals surface area contributed by atoms with Crippen molar-refractivity contribution in [3.05, 3.63) is 94.9 Å². The zero-order valence-corrected chi connectivity index (χ0v) is 40.1. The van der Waals surface area contributed by atoms with Crippen molar-refractivity contribution >= 4 is 62.5 Å². The molecule has 16 heteroatoms. The first-order valence-corrected chi connectivity index (χ1v) is 23.8. The first-order valence-electron chi connectivity index (χ1n) is 23.4. The van der Waals surface area contributed by atoms with E-state index in [9.17, 15) is 5.26 Å². The molecule has 4 aromatic heterocycles. The second kappa shape index (κ2) is 22.3. The van der Waals surface area contributed by atoms with Crippen LogP contribution in [0.25, 0.3) is 21.8 Å². The van der Waals surface area contributed by atoms with E-state index in [-0.39, 0.29) is 11.8 Å². The molecule has 2 aromatic carbocycles. The highest BCUT2D eigenvalue weighted by Gasteiger charge is 2.36. The maximum atomic E-state index is 9.19. The summed E-state index contributed by atoms with van der Waals surface area (Å²) < 4.78 is 0. The van der Waals surface area contributed by atoms with Gasteiger partial charge >= 0.3 is 0 Å². The number of fused-ring (bicyclic) bond motifs is 2. The van der Waals surface area contributed by atoms with Crippen LogP contribution in [0.4, 0.5) is 29.1 Å². The molecule has 2 N–H and O–H groups in total. The van der Waals surface area contributed by atoms with Crippen molar-refractivity contribution in [1.29, 1.82) is 10.5 Å². The third-order valence-electron chi connectivity index (χ3n) is 12.8. The first-order chi connectivity index (χ1) is 32.3. The van der Waals surface area contributed by atoms with Crippen LogP contribution >= 0.6 is 11.6 Å². The summed E-state index contributed by atoms with van der Waals surface area (Å²) in [6.45, 7) is 19.1. The number of quaternary nitrogens is 1. The average molecular weight is 911 g/mol. The standard InChI is InChI=1S/C25H29N7O.C21H20ClN7.2C2H6/c1-16-12-21-20(17(2)23(16)30-33-3)4-5-22(29-21)32-14-19(15-32)24-25(28-9-8-27-24)31-10-6-18(13-26)7-11-31;22-17-2-1-3-18-16(17)11-26-21(27-18)29-12-15(13-29)19-20(25-7-6-24-19)28-8-4-14(10-23)5-9-28;2*1-2/h4-5,8-9,12,18-19,30H,6-7,10-11,14-15H2,1-3H3;1-3,6-7,11,14-15H,4-5,8-9,12-13H2;2*1-2H3/p+1. The molecule has 0 amide bonds. The van der Waals surface area contributed by atoms with Crippen LogP contribution in [0.2, 0.25) is 5.02 Å². The lowest BCUT2D eigenvalue weighted by Gasteiger charge is -2.41. The number of piperidine rings is 2. The minimum atomic E-state index is 0.157. The molecule has 0 saturated carbocycles. The Labute approximate surface area is 393 Å².